The second-order valence-electron chi connectivity index (χ2n) is 8.63. The molecule has 2 heterocycles. The van der Waals surface area contributed by atoms with Crippen molar-refractivity contribution < 1.29 is 13.6 Å². The SMILES string of the molecule is CC(C)c1cc(C(=O)Nc2cc(F)c(N3CCCC3)c(F)c2)nn1C(C)(C)C. The van der Waals surface area contributed by atoms with Crippen LogP contribution in [0.15, 0.2) is 18.2 Å². The van der Waals surface area contributed by atoms with Crippen molar-refractivity contribution in [3.8, 4) is 0 Å². The molecular weight excluding hydrogens is 362 g/mol. The zero-order chi connectivity index (χ0) is 20.6. The van der Waals surface area contributed by atoms with Crippen molar-refractivity contribution in [3.63, 3.8) is 0 Å². The third-order valence-corrected chi connectivity index (χ3v) is 4.89. The van der Waals surface area contributed by atoms with E-state index < -0.39 is 17.5 Å². The zero-order valence-electron chi connectivity index (χ0n) is 17.1. The Bertz CT molecular complexity index is 854. The van der Waals surface area contributed by atoms with Crippen LogP contribution in [0.2, 0.25) is 0 Å². The van der Waals surface area contributed by atoms with Crippen molar-refractivity contribution in [2.24, 2.45) is 0 Å². The van der Waals surface area contributed by atoms with Crippen molar-refractivity contribution >= 4 is 17.3 Å². The van der Waals surface area contributed by atoms with Crippen LogP contribution < -0.4 is 10.2 Å². The normalized spacial score (nSPS) is 14.8. The van der Waals surface area contributed by atoms with Gasteiger partial charge in [-0.1, -0.05) is 13.8 Å². The van der Waals surface area contributed by atoms with Crippen molar-refractivity contribution in [1.82, 2.24) is 9.78 Å². The largest absolute Gasteiger partial charge is 0.367 e. The first kappa shape index (κ1) is 20.3. The Morgan fingerprint density at radius 3 is 2.14 bits per heavy atom. The molecule has 5 nitrogen and oxygen atoms in total. The lowest BCUT2D eigenvalue weighted by Crippen LogP contribution is -2.26. The van der Waals surface area contributed by atoms with E-state index in [1.54, 1.807) is 11.0 Å². The summed E-state index contributed by atoms with van der Waals surface area (Å²) >= 11 is 0. The molecule has 0 bridgehead atoms. The molecule has 1 N–H and O–H groups in total. The minimum Gasteiger partial charge on any atom is -0.367 e. The van der Waals surface area contributed by atoms with Gasteiger partial charge in [0.05, 0.1) is 5.54 Å². The summed E-state index contributed by atoms with van der Waals surface area (Å²) in [5.74, 6) is -1.64. The van der Waals surface area contributed by atoms with Gasteiger partial charge < -0.3 is 10.2 Å². The van der Waals surface area contributed by atoms with Crippen molar-refractivity contribution in [1.29, 1.82) is 0 Å². The minimum atomic E-state index is -0.666. The average molecular weight is 390 g/mol. The molecule has 1 aliphatic rings. The van der Waals surface area contributed by atoms with Gasteiger partial charge >= 0.3 is 0 Å². The molecule has 0 unspecified atom stereocenters. The second kappa shape index (κ2) is 7.53. The van der Waals surface area contributed by atoms with E-state index in [2.05, 4.69) is 10.4 Å². The van der Waals surface area contributed by atoms with Crippen LogP contribution in [0.25, 0.3) is 0 Å². The standard InChI is InChI=1S/C21H28F2N4O/c1-13(2)18-12-17(25-27(18)21(3,4)5)20(28)24-14-10-15(22)19(16(23)11-14)26-8-6-7-9-26/h10-13H,6-9H2,1-5H3,(H,24,28). The van der Waals surface area contributed by atoms with Gasteiger partial charge in [0.25, 0.3) is 5.91 Å². The maximum atomic E-state index is 14.5. The van der Waals surface area contributed by atoms with Crippen molar-refractivity contribution in [2.45, 2.75) is 58.9 Å². The van der Waals surface area contributed by atoms with Crippen LogP contribution in [-0.2, 0) is 5.54 Å². The topological polar surface area (TPSA) is 50.2 Å². The summed E-state index contributed by atoms with van der Waals surface area (Å²) in [5.41, 5.74) is 0.935. The molecule has 2 aromatic rings. The van der Waals surface area contributed by atoms with E-state index in [1.807, 2.05) is 39.3 Å². The third kappa shape index (κ3) is 4.03. The fraction of sp³-hybridized carbons (Fsp3) is 0.524. The summed E-state index contributed by atoms with van der Waals surface area (Å²) in [4.78, 5) is 14.4. The Labute approximate surface area is 164 Å². The molecule has 1 amide bonds. The predicted molar refractivity (Wildman–Crippen MR) is 107 cm³/mol. The third-order valence-electron chi connectivity index (χ3n) is 4.89. The number of hydrogen-bond acceptors (Lipinski definition) is 3. The van der Waals surface area contributed by atoms with Crippen LogP contribution in [-0.4, -0.2) is 28.8 Å². The van der Waals surface area contributed by atoms with Gasteiger partial charge in [-0.3, -0.25) is 9.48 Å². The second-order valence-corrected chi connectivity index (χ2v) is 8.63. The molecule has 0 aliphatic carbocycles. The molecule has 0 atom stereocenters. The summed E-state index contributed by atoms with van der Waals surface area (Å²) in [6.07, 6.45) is 1.85. The molecule has 0 saturated carbocycles. The number of nitrogens with zero attached hydrogens (tertiary/aromatic N) is 3. The molecular formula is C21H28F2N4O. The highest BCUT2D eigenvalue weighted by Gasteiger charge is 2.25. The van der Waals surface area contributed by atoms with Crippen LogP contribution in [0, 0.1) is 11.6 Å². The Kier molecular flexibility index (Phi) is 5.46. The maximum Gasteiger partial charge on any atom is 0.276 e. The summed E-state index contributed by atoms with van der Waals surface area (Å²) in [6.45, 7) is 11.4. The summed E-state index contributed by atoms with van der Waals surface area (Å²) in [7, 11) is 0. The van der Waals surface area contributed by atoms with Gasteiger partial charge in [0, 0.05) is 24.5 Å². The molecule has 7 heteroatoms. The maximum absolute atomic E-state index is 14.5. The molecule has 28 heavy (non-hydrogen) atoms. The number of rotatable bonds is 4. The van der Waals surface area contributed by atoms with Crippen LogP contribution in [0.1, 0.15) is 69.6 Å². The Morgan fingerprint density at radius 1 is 1.11 bits per heavy atom. The lowest BCUT2D eigenvalue weighted by atomic mass is 10.1. The van der Waals surface area contributed by atoms with Gasteiger partial charge in [0.1, 0.15) is 5.69 Å². The molecule has 152 valence electrons. The molecule has 1 aliphatic heterocycles. The summed E-state index contributed by atoms with van der Waals surface area (Å²) in [6, 6.07) is 4.06. The van der Waals surface area contributed by atoms with E-state index in [-0.39, 0.29) is 28.5 Å². The van der Waals surface area contributed by atoms with Crippen LogP contribution in [0.4, 0.5) is 20.2 Å². The summed E-state index contributed by atoms with van der Waals surface area (Å²) < 4.78 is 30.8. The number of hydrogen-bond donors (Lipinski definition) is 1. The Balaban J connectivity index is 1.85. The fourth-order valence-corrected chi connectivity index (χ4v) is 3.53. The highest BCUT2D eigenvalue weighted by molar-refractivity contribution is 6.03. The summed E-state index contributed by atoms with van der Waals surface area (Å²) in [5, 5.41) is 7.01. The molecule has 3 rings (SSSR count). The highest BCUT2D eigenvalue weighted by Crippen LogP contribution is 2.30. The number of carbonyl (C=O) groups is 1. The van der Waals surface area contributed by atoms with E-state index >= 15 is 0 Å². The van der Waals surface area contributed by atoms with Gasteiger partial charge in [-0.25, -0.2) is 8.78 Å². The first-order chi connectivity index (χ1) is 13.1. The highest BCUT2D eigenvalue weighted by atomic mass is 19.1. The smallest absolute Gasteiger partial charge is 0.276 e. The first-order valence-electron chi connectivity index (χ1n) is 9.73. The lowest BCUT2D eigenvalue weighted by Gasteiger charge is -2.23. The van der Waals surface area contributed by atoms with Crippen molar-refractivity contribution in [2.75, 3.05) is 23.3 Å². The van der Waals surface area contributed by atoms with E-state index in [9.17, 15) is 13.6 Å². The average Bonchev–Trinajstić information content (AvgIpc) is 3.23. The number of nitrogens with one attached hydrogen (secondary N) is 1. The number of anilines is 2. The van der Waals surface area contributed by atoms with Gasteiger partial charge in [-0.2, -0.15) is 5.10 Å². The molecule has 1 aromatic heterocycles. The number of carbonyl (C=O) groups excluding carboxylic acids is 1. The molecule has 1 saturated heterocycles. The van der Waals surface area contributed by atoms with Crippen LogP contribution in [0.3, 0.4) is 0 Å². The first-order valence-corrected chi connectivity index (χ1v) is 9.73. The lowest BCUT2D eigenvalue weighted by molar-refractivity contribution is 0.102. The van der Waals surface area contributed by atoms with E-state index in [0.29, 0.717) is 13.1 Å². The Hall–Kier alpha value is -2.44. The molecule has 1 fully saturated rings. The number of benzene rings is 1. The minimum absolute atomic E-state index is 0.0189. The van der Waals surface area contributed by atoms with Crippen molar-refractivity contribution in [3.05, 3.63) is 41.2 Å². The predicted octanol–water partition coefficient (Wildman–Crippen LogP) is 4.89. The van der Waals surface area contributed by atoms with E-state index in [1.165, 1.54) is 12.1 Å². The zero-order valence-corrected chi connectivity index (χ0v) is 17.1. The van der Waals surface area contributed by atoms with Crippen LogP contribution >= 0.6 is 0 Å². The quantitative estimate of drug-likeness (QED) is 0.808. The molecule has 0 spiro atoms. The number of aromatic nitrogens is 2. The number of amides is 1. The monoisotopic (exact) mass is 390 g/mol. The molecule has 1 aromatic carbocycles. The van der Waals surface area contributed by atoms with Gasteiger partial charge in [-0.05, 0) is 57.7 Å². The van der Waals surface area contributed by atoms with E-state index in [4.69, 9.17) is 0 Å². The number of halogens is 2. The van der Waals surface area contributed by atoms with Crippen LogP contribution in [0.5, 0.6) is 0 Å². The Morgan fingerprint density at radius 2 is 1.68 bits per heavy atom. The molecule has 0 radical (unpaired) electrons. The fourth-order valence-electron chi connectivity index (χ4n) is 3.53. The van der Waals surface area contributed by atoms with Gasteiger partial charge in [-0.15, -0.1) is 0 Å². The van der Waals surface area contributed by atoms with E-state index in [0.717, 1.165) is 18.5 Å². The van der Waals surface area contributed by atoms with Gasteiger partial charge in [0.15, 0.2) is 17.3 Å². The van der Waals surface area contributed by atoms with Gasteiger partial charge in [0.2, 0.25) is 0 Å².